The van der Waals surface area contributed by atoms with Crippen molar-refractivity contribution in [3.63, 3.8) is 0 Å². The number of rotatable bonds is 4. The maximum absolute atomic E-state index is 5.13. The second kappa shape index (κ2) is 7.16. The fourth-order valence-corrected chi connectivity index (χ4v) is 5.08. The van der Waals surface area contributed by atoms with E-state index in [0.717, 1.165) is 5.82 Å². The van der Waals surface area contributed by atoms with Crippen LogP contribution in [0.4, 0.5) is 17.2 Å². The average molecular weight is 411 g/mol. The van der Waals surface area contributed by atoms with Crippen LogP contribution in [0.2, 0.25) is 0 Å². The summed E-state index contributed by atoms with van der Waals surface area (Å²) in [5, 5.41) is 6.32. The summed E-state index contributed by atoms with van der Waals surface area (Å²) in [6.45, 7) is 11.3. The Kier molecular flexibility index (Phi) is 4.54. The molecule has 31 heavy (non-hydrogen) atoms. The lowest BCUT2D eigenvalue weighted by atomic mass is 9.91. The third-order valence-corrected chi connectivity index (χ3v) is 6.54. The van der Waals surface area contributed by atoms with Crippen molar-refractivity contribution in [1.29, 1.82) is 0 Å². The van der Waals surface area contributed by atoms with E-state index < -0.39 is 0 Å². The highest BCUT2D eigenvalue weighted by molar-refractivity contribution is 5.96. The average Bonchev–Trinajstić information content (AvgIpc) is 3.29. The van der Waals surface area contributed by atoms with E-state index in [1.165, 1.54) is 27.8 Å². The quantitative estimate of drug-likeness (QED) is 0.367. The number of benzene rings is 3. The summed E-state index contributed by atoms with van der Waals surface area (Å²) in [5.74, 6) is 1.02. The Hall–Kier alpha value is -3.27. The minimum Gasteiger partial charge on any atom is -0.340 e. The SMILES string of the molecule is CC(C)n1nc(N2c3ccccc3N(C(C)(C)c3ccccc3)[C@@H]2C)c2ccccc21. The Bertz CT molecular complexity index is 1220. The van der Waals surface area contributed by atoms with Gasteiger partial charge in [-0.05, 0) is 64.4 Å². The number of hydrogen-bond acceptors (Lipinski definition) is 3. The summed E-state index contributed by atoms with van der Waals surface area (Å²) in [5.41, 5.74) is 4.75. The Morgan fingerprint density at radius 2 is 1.42 bits per heavy atom. The molecule has 4 heteroatoms. The molecule has 0 bridgehead atoms. The van der Waals surface area contributed by atoms with Gasteiger partial charge in [0.05, 0.1) is 22.4 Å². The lowest BCUT2D eigenvalue weighted by Gasteiger charge is -2.42. The molecule has 0 saturated carbocycles. The minimum atomic E-state index is -0.179. The zero-order valence-corrected chi connectivity index (χ0v) is 18.9. The van der Waals surface area contributed by atoms with Crippen LogP contribution in [0.3, 0.4) is 0 Å². The molecule has 5 rings (SSSR count). The topological polar surface area (TPSA) is 24.3 Å². The molecule has 0 aliphatic carbocycles. The van der Waals surface area contributed by atoms with E-state index in [4.69, 9.17) is 5.10 Å². The molecule has 158 valence electrons. The van der Waals surface area contributed by atoms with Crippen molar-refractivity contribution in [1.82, 2.24) is 9.78 Å². The maximum Gasteiger partial charge on any atom is 0.164 e. The fourth-order valence-electron chi connectivity index (χ4n) is 5.08. The highest BCUT2D eigenvalue weighted by Crippen LogP contribution is 2.50. The van der Waals surface area contributed by atoms with Gasteiger partial charge in [-0.25, -0.2) is 0 Å². The molecular weight excluding hydrogens is 380 g/mol. The van der Waals surface area contributed by atoms with Gasteiger partial charge in [0.1, 0.15) is 6.17 Å². The predicted octanol–water partition coefficient (Wildman–Crippen LogP) is 6.86. The molecule has 0 saturated heterocycles. The minimum absolute atomic E-state index is 0.117. The van der Waals surface area contributed by atoms with Crippen LogP contribution in [0, 0.1) is 0 Å². The monoisotopic (exact) mass is 410 g/mol. The van der Waals surface area contributed by atoms with Gasteiger partial charge in [-0.1, -0.05) is 54.6 Å². The zero-order chi connectivity index (χ0) is 21.8. The molecule has 0 unspecified atom stereocenters. The summed E-state index contributed by atoms with van der Waals surface area (Å²) >= 11 is 0. The number of aromatic nitrogens is 2. The highest BCUT2D eigenvalue weighted by atomic mass is 15.5. The van der Waals surface area contributed by atoms with Gasteiger partial charge in [0.15, 0.2) is 5.82 Å². The predicted molar refractivity (Wildman–Crippen MR) is 130 cm³/mol. The third kappa shape index (κ3) is 2.93. The van der Waals surface area contributed by atoms with Crippen LogP contribution >= 0.6 is 0 Å². The van der Waals surface area contributed by atoms with E-state index in [9.17, 15) is 0 Å². The van der Waals surface area contributed by atoms with Crippen molar-refractivity contribution in [2.45, 2.75) is 52.4 Å². The number of anilines is 3. The van der Waals surface area contributed by atoms with Gasteiger partial charge in [-0.2, -0.15) is 5.10 Å². The Balaban J connectivity index is 1.70. The molecule has 1 aromatic heterocycles. The number of hydrogen-bond donors (Lipinski definition) is 0. The first-order chi connectivity index (χ1) is 14.9. The first-order valence-corrected chi connectivity index (χ1v) is 11.1. The van der Waals surface area contributed by atoms with E-state index in [1.807, 2.05) is 0 Å². The third-order valence-electron chi connectivity index (χ3n) is 6.54. The number of para-hydroxylation sites is 3. The van der Waals surface area contributed by atoms with Crippen LogP contribution in [0.1, 0.15) is 46.2 Å². The van der Waals surface area contributed by atoms with Gasteiger partial charge in [0.25, 0.3) is 0 Å². The molecular formula is C27H30N4. The molecule has 2 heterocycles. The molecule has 1 aliphatic heterocycles. The molecule has 0 spiro atoms. The molecule has 0 N–H and O–H groups in total. The van der Waals surface area contributed by atoms with Crippen LogP contribution in [0.15, 0.2) is 78.9 Å². The van der Waals surface area contributed by atoms with Crippen LogP contribution in [-0.2, 0) is 5.54 Å². The summed E-state index contributed by atoms with van der Waals surface area (Å²) in [7, 11) is 0. The molecule has 1 atom stereocenters. The van der Waals surface area contributed by atoms with Crippen molar-refractivity contribution in [3.8, 4) is 0 Å². The van der Waals surface area contributed by atoms with E-state index in [2.05, 4.69) is 128 Å². The van der Waals surface area contributed by atoms with E-state index in [-0.39, 0.29) is 11.7 Å². The standard InChI is InChI=1S/C27H30N4/c1-19(2)31-23-16-10-9-15-22(23)26(28-31)29-20(3)30(25-18-12-11-17-24(25)29)27(4,5)21-13-7-6-8-14-21/h6-20H,1-5H3/t20-/m1/s1. The van der Waals surface area contributed by atoms with Crippen molar-refractivity contribution >= 4 is 28.1 Å². The van der Waals surface area contributed by atoms with Gasteiger partial charge in [-0.3, -0.25) is 4.68 Å². The van der Waals surface area contributed by atoms with Gasteiger partial charge >= 0.3 is 0 Å². The molecule has 1 aliphatic rings. The van der Waals surface area contributed by atoms with Crippen LogP contribution in [-0.4, -0.2) is 15.9 Å². The van der Waals surface area contributed by atoms with Gasteiger partial charge in [0.2, 0.25) is 0 Å². The normalized spacial score (nSPS) is 16.4. The fraction of sp³-hybridized carbons (Fsp3) is 0.296. The van der Waals surface area contributed by atoms with Crippen LogP contribution in [0.25, 0.3) is 10.9 Å². The molecule has 0 radical (unpaired) electrons. The maximum atomic E-state index is 5.13. The van der Waals surface area contributed by atoms with Gasteiger partial charge < -0.3 is 9.80 Å². The van der Waals surface area contributed by atoms with E-state index in [0.29, 0.717) is 6.04 Å². The smallest absolute Gasteiger partial charge is 0.164 e. The first kappa shape index (κ1) is 19.7. The molecule has 4 nitrogen and oxygen atoms in total. The van der Waals surface area contributed by atoms with Gasteiger partial charge in [0, 0.05) is 11.4 Å². The summed E-state index contributed by atoms with van der Waals surface area (Å²) in [4.78, 5) is 4.93. The summed E-state index contributed by atoms with van der Waals surface area (Å²) in [6, 6.07) is 28.3. The Morgan fingerprint density at radius 3 is 2.13 bits per heavy atom. The van der Waals surface area contributed by atoms with E-state index in [1.54, 1.807) is 0 Å². The van der Waals surface area contributed by atoms with Gasteiger partial charge in [-0.15, -0.1) is 0 Å². The largest absolute Gasteiger partial charge is 0.340 e. The van der Waals surface area contributed by atoms with Crippen LogP contribution < -0.4 is 9.80 Å². The van der Waals surface area contributed by atoms with Crippen molar-refractivity contribution in [2.24, 2.45) is 0 Å². The molecule has 0 amide bonds. The lowest BCUT2D eigenvalue weighted by molar-refractivity contribution is 0.446. The second-order valence-corrected chi connectivity index (χ2v) is 9.16. The second-order valence-electron chi connectivity index (χ2n) is 9.16. The number of fused-ring (bicyclic) bond motifs is 2. The first-order valence-electron chi connectivity index (χ1n) is 11.1. The molecule has 0 fully saturated rings. The number of nitrogens with zero attached hydrogens (tertiary/aromatic N) is 4. The van der Waals surface area contributed by atoms with Crippen LogP contribution in [0.5, 0.6) is 0 Å². The summed E-state index contributed by atoms with van der Waals surface area (Å²) in [6.07, 6.45) is 0.117. The lowest BCUT2D eigenvalue weighted by Crippen LogP contribution is -2.49. The van der Waals surface area contributed by atoms with E-state index >= 15 is 0 Å². The Morgan fingerprint density at radius 1 is 0.806 bits per heavy atom. The van der Waals surface area contributed by atoms with Crippen molar-refractivity contribution in [3.05, 3.63) is 84.4 Å². The Labute approximate surface area is 184 Å². The molecule has 4 aromatic rings. The molecule has 3 aromatic carbocycles. The summed E-state index contributed by atoms with van der Waals surface area (Å²) < 4.78 is 2.14. The zero-order valence-electron chi connectivity index (χ0n) is 18.9. The van der Waals surface area contributed by atoms with Crippen molar-refractivity contribution < 1.29 is 0 Å². The highest BCUT2D eigenvalue weighted by Gasteiger charge is 2.43. The van der Waals surface area contributed by atoms with Crippen molar-refractivity contribution in [2.75, 3.05) is 9.80 Å².